The molecule has 0 unspecified atom stereocenters. The largest absolute Gasteiger partial charge is 0.478 e. The minimum atomic E-state index is -3.54. The lowest BCUT2D eigenvalue weighted by Gasteiger charge is -2.05. The maximum absolute atomic E-state index is 11.8. The molecule has 0 spiro atoms. The standard InChI is InChI=1S/C10H11ClO5S/c1-16-4-5-17(14,15)7-2-3-9(11)8(6-7)10(12)13/h2-3,6H,4-5H2,1H3,(H,12,13). The number of carboxylic acids is 1. The number of benzene rings is 1. The number of aromatic carboxylic acids is 1. The third kappa shape index (κ3) is 3.42. The number of halogens is 1. The van der Waals surface area contributed by atoms with E-state index in [1.807, 2.05) is 0 Å². The smallest absolute Gasteiger partial charge is 0.337 e. The van der Waals surface area contributed by atoms with Gasteiger partial charge in [0.05, 0.1) is 27.8 Å². The van der Waals surface area contributed by atoms with Crippen LogP contribution >= 0.6 is 11.6 Å². The summed E-state index contributed by atoms with van der Waals surface area (Å²) in [5.74, 6) is -1.47. The Morgan fingerprint density at radius 2 is 2.12 bits per heavy atom. The Kier molecular flexibility index (Phi) is 4.50. The summed E-state index contributed by atoms with van der Waals surface area (Å²) >= 11 is 5.65. The van der Waals surface area contributed by atoms with Crippen molar-refractivity contribution in [3.8, 4) is 0 Å². The lowest BCUT2D eigenvalue weighted by atomic mass is 10.2. The number of hydrogen-bond donors (Lipinski definition) is 1. The van der Waals surface area contributed by atoms with Crippen molar-refractivity contribution >= 4 is 27.4 Å². The van der Waals surface area contributed by atoms with E-state index in [0.717, 1.165) is 6.07 Å². The highest BCUT2D eigenvalue weighted by molar-refractivity contribution is 7.91. The number of rotatable bonds is 5. The number of hydrogen-bond acceptors (Lipinski definition) is 4. The molecule has 1 N–H and O–H groups in total. The molecule has 0 saturated heterocycles. The van der Waals surface area contributed by atoms with Gasteiger partial charge in [0.1, 0.15) is 0 Å². The molecule has 1 rings (SSSR count). The van der Waals surface area contributed by atoms with Gasteiger partial charge in [-0.05, 0) is 18.2 Å². The number of methoxy groups -OCH3 is 1. The van der Waals surface area contributed by atoms with Crippen molar-refractivity contribution < 1.29 is 23.1 Å². The van der Waals surface area contributed by atoms with Crippen LogP contribution in [0.15, 0.2) is 23.1 Å². The molecule has 7 heteroatoms. The predicted molar refractivity (Wildman–Crippen MR) is 62.3 cm³/mol. The van der Waals surface area contributed by atoms with Gasteiger partial charge < -0.3 is 9.84 Å². The van der Waals surface area contributed by atoms with Crippen LogP contribution in [0.5, 0.6) is 0 Å². The summed E-state index contributed by atoms with van der Waals surface area (Å²) in [4.78, 5) is 10.7. The third-order valence-corrected chi connectivity index (χ3v) is 4.09. The van der Waals surface area contributed by atoms with E-state index in [2.05, 4.69) is 4.74 Å². The molecule has 0 aromatic heterocycles. The molecular formula is C10H11ClO5S. The van der Waals surface area contributed by atoms with Crippen molar-refractivity contribution in [3.63, 3.8) is 0 Å². The topological polar surface area (TPSA) is 80.7 Å². The summed E-state index contributed by atoms with van der Waals surface area (Å²) in [6.45, 7) is 0.0490. The maximum atomic E-state index is 11.8. The van der Waals surface area contributed by atoms with Gasteiger partial charge in [0, 0.05) is 7.11 Å². The van der Waals surface area contributed by atoms with Crippen LogP contribution in [-0.2, 0) is 14.6 Å². The Morgan fingerprint density at radius 3 is 2.65 bits per heavy atom. The van der Waals surface area contributed by atoms with E-state index in [9.17, 15) is 13.2 Å². The Bertz CT molecular complexity index is 523. The van der Waals surface area contributed by atoms with Crippen LogP contribution in [0, 0.1) is 0 Å². The van der Waals surface area contributed by atoms with Crippen LogP contribution in [0.2, 0.25) is 5.02 Å². The first-order valence-corrected chi connectivity index (χ1v) is 6.66. The van der Waals surface area contributed by atoms with Crippen molar-refractivity contribution in [2.24, 2.45) is 0 Å². The van der Waals surface area contributed by atoms with Crippen molar-refractivity contribution in [2.45, 2.75) is 4.90 Å². The maximum Gasteiger partial charge on any atom is 0.337 e. The number of sulfone groups is 1. The Labute approximate surface area is 104 Å². The molecule has 1 aromatic rings. The van der Waals surface area contributed by atoms with Gasteiger partial charge in [-0.2, -0.15) is 0 Å². The van der Waals surface area contributed by atoms with E-state index in [0.29, 0.717) is 0 Å². The van der Waals surface area contributed by atoms with E-state index in [4.69, 9.17) is 16.7 Å². The van der Waals surface area contributed by atoms with Crippen molar-refractivity contribution in [3.05, 3.63) is 28.8 Å². The summed E-state index contributed by atoms with van der Waals surface area (Å²) in [6.07, 6.45) is 0. The first-order valence-electron chi connectivity index (χ1n) is 4.63. The first kappa shape index (κ1) is 14.0. The van der Waals surface area contributed by atoms with Crippen molar-refractivity contribution in [1.29, 1.82) is 0 Å². The average Bonchev–Trinajstić information content (AvgIpc) is 2.26. The second-order valence-corrected chi connectivity index (χ2v) is 5.77. The average molecular weight is 279 g/mol. The van der Waals surface area contributed by atoms with Gasteiger partial charge in [0.15, 0.2) is 9.84 Å². The normalized spacial score (nSPS) is 11.4. The fraction of sp³-hybridized carbons (Fsp3) is 0.300. The van der Waals surface area contributed by atoms with Crippen LogP contribution in [0.1, 0.15) is 10.4 Å². The monoisotopic (exact) mass is 278 g/mol. The second kappa shape index (κ2) is 5.48. The molecule has 0 heterocycles. The molecule has 0 bridgehead atoms. The van der Waals surface area contributed by atoms with Crippen LogP contribution in [0.25, 0.3) is 0 Å². The highest BCUT2D eigenvalue weighted by Crippen LogP contribution is 2.21. The summed E-state index contributed by atoms with van der Waals surface area (Å²) in [5, 5.41) is 8.83. The summed E-state index contributed by atoms with van der Waals surface area (Å²) < 4.78 is 28.2. The fourth-order valence-electron chi connectivity index (χ4n) is 1.17. The number of carbonyl (C=O) groups is 1. The SMILES string of the molecule is COCCS(=O)(=O)c1ccc(Cl)c(C(=O)O)c1. The lowest BCUT2D eigenvalue weighted by molar-refractivity contribution is 0.0697. The van der Waals surface area contributed by atoms with Gasteiger partial charge in [-0.15, -0.1) is 0 Å². The van der Waals surface area contributed by atoms with Crippen molar-refractivity contribution in [2.75, 3.05) is 19.5 Å². The van der Waals surface area contributed by atoms with Crippen molar-refractivity contribution in [1.82, 2.24) is 0 Å². The molecule has 17 heavy (non-hydrogen) atoms. The fourth-order valence-corrected chi connectivity index (χ4v) is 2.57. The molecule has 94 valence electrons. The van der Waals surface area contributed by atoms with E-state index >= 15 is 0 Å². The summed E-state index contributed by atoms with van der Waals surface area (Å²) in [6, 6.07) is 3.58. The number of carboxylic acid groups (broad SMARTS) is 1. The summed E-state index contributed by atoms with van der Waals surface area (Å²) in [7, 11) is -2.15. The molecule has 0 aliphatic heterocycles. The van der Waals surface area contributed by atoms with Gasteiger partial charge in [0.25, 0.3) is 0 Å². The van der Waals surface area contributed by atoms with Gasteiger partial charge in [-0.3, -0.25) is 0 Å². The molecule has 0 fully saturated rings. The van der Waals surface area contributed by atoms with E-state index in [-0.39, 0.29) is 27.8 Å². The Balaban J connectivity index is 3.16. The molecule has 0 saturated carbocycles. The van der Waals surface area contributed by atoms with Crippen LogP contribution < -0.4 is 0 Å². The van der Waals surface area contributed by atoms with Crippen LogP contribution in [-0.4, -0.2) is 39.0 Å². The number of ether oxygens (including phenoxy) is 1. The quantitative estimate of drug-likeness (QED) is 0.882. The minimum absolute atomic E-state index is 0.00296. The molecule has 1 aromatic carbocycles. The minimum Gasteiger partial charge on any atom is -0.478 e. The first-order chi connectivity index (χ1) is 7.88. The van der Waals surface area contributed by atoms with E-state index < -0.39 is 15.8 Å². The van der Waals surface area contributed by atoms with Crippen LogP contribution in [0.3, 0.4) is 0 Å². The molecule has 0 radical (unpaired) electrons. The Hall–Kier alpha value is -1.11. The van der Waals surface area contributed by atoms with E-state index in [1.54, 1.807) is 0 Å². The third-order valence-electron chi connectivity index (χ3n) is 2.08. The van der Waals surface area contributed by atoms with Crippen LogP contribution in [0.4, 0.5) is 0 Å². The highest BCUT2D eigenvalue weighted by atomic mass is 35.5. The zero-order chi connectivity index (χ0) is 13.1. The van der Waals surface area contributed by atoms with Gasteiger partial charge in [0.2, 0.25) is 0 Å². The second-order valence-electron chi connectivity index (χ2n) is 3.26. The highest BCUT2D eigenvalue weighted by Gasteiger charge is 2.18. The van der Waals surface area contributed by atoms with Gasteiger partial charge in [-0.1, -0.05) is 11.6 Å². The zero-order valence-corrected chi connectivity index (χ0v) is 10.6. The zero-order valence-electron chi connectivity index (χ0n) is 9.01. The molecule has 0 atom stereocenters. The summed E-state index contributed by atoms with van der Waals surface area (Å²) in [5.41, 5.74) is -0.231. The molecule has 0 amide bonds. The van der Waals surface area contributed by atoms with Gasteiger partial charge >= 0.3 is 5.97 Å². The molecule has 5 nitrogen and oxygen atoms in total. The molecule has 0 aliphatic rings. The molecular weight excluding hydrogens is 268 g/mol. The predicted octanol–water partition coefficient (Wildman–Crippen LogP) is 1.46. The van der Waals surface area contributed by atoms with E-state index in [1.165, 1.54) is 19.2 Å². The lowest BCUT2D eigenvalue weighted by Crippen LogP contribution is -2.12. The van der Waals surface area contributed by atoms with Gasteiger partial charge in [-0.25, -0.2) is 13.2 Å². The molecule has 0 aliphatic carbocycles. The Morgan fingerprint density at radius 1 is 1.47 bits per heavy atom.